The predicted molar refractivity (Wildman–Crippen MR) is 105 cm³/mol. The standard InChI is InChI=1S/C20H24N2O5S/c1-15(16-8-5-4-6-9-16)13-21-19(23)14-27-20(24)17-10-7-11-18(12-17)28(25,26)22(2)3/h4-12,15H,13-14H2,1-3H3,(H,21,23)/t15-/m1/s1. The average molecular weight is 404 g/mol. The summed E-state index contributed by atoms with van der Waals surface area (Å²) >= 11 is 0. The van der Waals surface area contributed by atoms with Crippen LogP contribution in [0.5, 0.6) is 0 Å². The number of amides is 1. The first-order valence-electron chi connectivity index (χ1n) is 8.73. The third-order valence-corrected chi connectivity index (χ3v) is 5.97. The van der Waals surface area contributed by atoms with Crippen molar-refractivity contribution in [1.29, 1.82) is 0 Å². The molecule has 1 N–H and O–H groups in total. The molecule has 1 atom stereocenters. The number of hydrogen-bond donors (Lipinski definition) is 1. The highest BCUT2D eigenvalue weighted by atomic mass is 32.2. The molecule has 0 spiro atoms. The van der Waals surface area contributed by atoms with Gasteiger partial charge in [-0.2, -0.15) is 0 Å². The maximum atomic E-state index is 12.1. The van der Waals surface area contributed by atoms with Crippen molar-refractivity contribution in [2.75, 3.05) is 27.2 Å². The van der Waals surface area contributed by atoms with Crippen LogP contribution < -0.4 is 5.32 Å². The van der Waals surface area contributed by atoms with E-state index in [9.17, 15) is 18.0 Å². The van der Waals surface area contributed by atoms with E-state index in [2.05, 4.69) is 5.32 Å². The first-order chi connectivity index (χ1) is 13.2. The number of hydrogen-bond acceptors (Lipinski definition) is 5. The maximum Gasteiger partial charge on any atom is 0.338 e. The third kappa shape index (κ3) is 5.64. The van der Waals surface area contributed by atoms with Crippen LogP contribution in [0.15, 0.2) is 59.5 Å². The summed E-state index contributed by atoms with van der Waals surface area (Å²) in [4.78, 5) is 24.1. The van der Waals surface area contributed by atoms with E-state index in [0.29, 0.717) is 6.54 Å². The molecule has 0 heterocycles. The summed E-state index contributed by atoms with van der Waals surface area (Å²) in [7, 11) is -0.855. The smallest absolute Gasteiger partial charge is 0.338 e. The molecule has 150 valence electrons. The largest absolute Gasteiger partial charge is 0.452 e. The van der Waals surface area contributed by atoms with E-state index in [1.165, 1.54) is 38.4 Å². The van der Waals surface area contributed by atoms with Crippen LogP contribution in [0.1, 0.15) is 28.8 Å². The summed E-state index contributed by atoms with van der Waals surface area (Å²) in [6, 6.07) is 15.3. The Kier molecular flexibility index (Phi) is 7.31. The molecule has 2 aromatic carbocycles. The molecule has 0 bridgehead atoms. The van der Waals surface area contributed by atoms with Crippen LogP contribution in [0, 0.1) is 0 Å². The number of esters is 1. The number of sulfonamides is 1. The van der Waals surface area contributed by atoms with E-state index in [0.717, 1.165) is 9.87 Å². The Morgan fingerprint density at radius 2 is 1.75 bits per heavy atom. The highest BCUT2D eigenvalue weighted by Crippen LogP contribution is 2.16. The van der Waals surface area contributed by atoms with E-state index >= 15 is 0 Å². The SMILES string of the molecule is C[C@H](CNC(=O)COC(=O)c1cccc(S(=O)(=O)N(C)C)c1)c1ccccc1. The van der Waals surface area contributed by atoms with Crippen molar-refractivity contribution in [3.63, 3.8) is 0 Å². The van der Waals surface area contributed by atoms with Crippen LogP contribution in [0.4, 0.5) is 0 Å². The zero-order chi connectivity index (χ0) is 20.7. The molecular formula is C20H24N2O5S. The van der Waals surface area contributed by atoms with E-state index in [-0.39, 0.29) is 16.4 Å². The van der Waals surface area contributed by atoms with Crippen LogP contribution in [-0.4, -0.2) is 51.8 Å². The zero-order valence-corrected chi connectivity index (χ0v) is 16.9. The second-order valence-corrected chi connectivity index (χ2v) is 8.66. The minimum atomic E-state index is -3.66. The van der Waals surface area contributed by atoms with Gasteiger partial charge >= 0.3 is 5.97 Å². The van der Waals surface area contributed by atoms with Crippen molar-refractivity contribution >= 4 is 21.9 Å². The monoisotopic (exact) mass is 404 g/mol. The van der Waals surface area contributed by atoms with E-state index in [4.69, 9.17) is 4.74 Å². The summed E-state index contributed by atoms with van der Waals surface area (Å²) in [6.45, 7) is 1.96. The summed E-state index contributed by atoms with van der Waals surface area (Å²) in [5.74, 6) is -1.07. The van der Waals surface area contributed by atoms with Crippen LogP contribution in [0.2, 0.25) is 0 Å². The van der Waals surface area contributed by atoms with Gasteiger partial charge in [0.15, 0.2) is 6.61 Å². The van der Waals surface area contributed by atoms with Gasteiger partial charge in [0.2, 0.25) is 10.0 Å². The molecule has 0 aromatic heterocycles. The number of nitrogens with zero attached hydrogens (tertiary/aromatic N) is 1. The number of carbonyl (C=O) groups excluding carboxylic acids is 2. The van der Waals surface area contributed by atoms with Crippen LogP contribution in [-0.2, 0) is 19.6 Å². The maximum absolute atomic E-state index is 12.1. The Morgan fingerprint density at radius 1 is 1.07 bits per heavy atom. The van der Waals surface area contributed by atoms with Gasteiger partial charge in [0, 0.05) is 20.6 Å². The van der Waals surface area contributed by atoms with Crippen LogP contribution >= 0.6 is 0 Å². The van der Waals surface area contributed by atoms with Gasteiger partial charge in [0.1, 0.15) is 0 Å². The first-order valence-corrected chi connectivity index (χ1v) is 10.2. The lowest BCUT2D eigenvalue weighted by molar-refractivity contribution is -0.124. The first kappa shape index (κ1) is 21.6. The van der Waals surface area contributed by atoms with Gasteiger partial charge in [-0.3, -0.25) is 4.79 Å². The van der Waals surface area contributed by atoms with Crippen molar-refractivity contribution in [2.24, 2.45) is 0 Å². The molecule has 2 rings (SSSR count). The quantitative estimate of drug-likeness (QED) is 0.680. The Bertz CT molecular complexity index is 927. The predicted octanol–water partition coefficient (Wildman–Crippen LogP) is 2.01. The van der Waals surface area contributed by atoms with Crippen molar-refractivity contribution in [1.82, 2.24) is 9.62 Å². The summed E-state index contributed by atoms with van der Waals surface area (Å²) in [6.07, 6.45) is 0. The van der Waals surface area contributed by atoms with Gasteiger partial charge in [-0.1, -0.05) is 43.3 Å². The zero-order valence-electron chi connectivity index (χ0n) is 16.1. The lowest BCUT2D eigenvalue weighted by atomic mass is 10.0. The van der Waals surface area contributed by atoms with Gasteiger partial charge in [0.25, 0.3) is 5.91 Å². The molecule has 8 heteroatoms. The fourth-order valence-electron chi connectivity index (χ4n) is 2.43. The van der Waals surface area contributed by atoms with Gasteiger partial charge in [-0.05, 0) is 29.7 Å². The van der Waals surface area contributed by atoms with Crippen molar-refractivity contribution in [2.45, 2.75) is 17.7 Å². The molecule has 0 unspecified atom stereocenters. The fraction of sp³-hybridized carbons (Fsp3) is 0.300. The fourth-order valence-corrected chi connectivity index (χ4v) is 3.37. The summed E-state index contributed by atoms with van der Waals surface area (Å²) < 4.78 is 30.3. The molecule has 28 heavy (non-hydrogen) atoms. The molecular weight excluding hydrogens is 380 g/mol. The second-order valence-electron chi connectivity index (χ2n) is 6.51. The number of ether oxygens (including phenoxy) is 1. The average Bonchev–Trinajstić information content (AvgIpc) is 2.70. The minimum absolute atomic E-state index is 0.0203. The highest BCUT2D eigenvalue weighted by Gasteiger charge is 2.19. The van der Waals surface area contributed by atoms with Crippen molar-refractivity contribution in [3.05, 3.63) is 65.7 Å². The summed E-state index contributed by atoms with van der Waals surface area (Å²) in [5.41, 5.74) is 1.16. The molecule has 0 saturated carbocycles. The van der Waals surface area contributed by atoms with Crippen molar-refractivity contribution < 1.29 is 22.7 Å². The lowest BCUT2D eigenvalue weighted by Crippen LogP contribution is -2.31. The van der Waals surface area contributed by atoms with Gasteiger partial charge in [-0.25, -0.2) is 17.5 Å². The van der Waals surface area contributed by atoms with E-state index in [1.54, 1.807) is 0 Å². The van der Waals surface area contributed by atoms with Gasteiger partial charge < -0.3 is 10.1 Å². The number of benzene rings is 2. The minimum Gasteiger partial charge on any atom is -0.452 e. The molecule has 0 aliphatic carbocycles. The Morgan fingerprint density at radius 3 is 2.39 bits per heavy atom. The topological polar surface area (TPSA) is 92.8 Å². The summed E-state index contributed by atoms with van der Waals surface area (Å²) in [5, 5.41) is 2.72. The van der Waals surface area contributed by atoms with Gasteiger partial charge in [-0.15, -0.1) is 0 Å². The van der Waals surface area contributed by atoms with Crippen LogP contribution in [0.25, 0.3) is 0 Å². The Hall–Kier alpha value is -2.71. The molecule has 0 radical (unpaired) electrons. The number of rotatable bonds is 8. The Balaban J connectivity index is 1.89. The molecule has 1 amide bonds. The van der Waals surface area contributed by atoms with Gasteiger partial charge in [0.05, 0.1) is 10.5 Å². The Labute approximate surface area is 165 Å². The highest BCUT2D eigenvalue weighted by molar-refractivity contribution is 7.89. The molecule has 0 fully saturated rings. The van der Waals surface area contributed by atoms with E-state index < -0.39 is 28.5 Å². The number of nitrogens with one attached hydrogen (secondary N) is 1. The lowest BCUT2D eigenvalue weighted by Gasteiger charge is -2.13. The molecule has 0 aliphatic rings. The van der Waals surface area contributed by atoms with Crippen LogP contribution in [0.3, 0.4) is 0 Å². The van der Waals surface area contributed by atoms with Crippen molar-refractivity contribution in [3.8, 4) is 0 Å². The molecule has 2 aromatic rings. The molecule has 0 aliphatic heterocycles. The molecule has 7 nitrogen and oxygen atoms in total. The number of carbonyl (C=O) groups is 2. The second kappa shape index (κ2) is 9.48. The van der Waals surface area contributed by atoms with E-state index in [1.807, 2.05) is 37.3 Å². The normalized spacial score (nSPS) is 12.4. The third-order valence-electron chi connectivity index (χ3n) is 4.16. The molecule has 0 saturated heterocycles.